The van der Waals surface area contributed by atoms with Crippen LogP contribution in [0.2, 0.25) is 0 Å². The number of nitrogens with one attached hydrogen (secondary N) is 1. The van der Waals surface area contributed by atoms with Crippen molar-refractivity contribution in [1.82, 2.24) is 10.2 Å². The highest BCUT2D eigenvalue weighted by molar-refractivity contribution is 9.10. The zero-order valence-corrected chi connectivity index (χ0v) is 12.0. The topological polar surface area (TPSA) is 41.6 Å². The highest BCUT2D eigenvalue weighted by Crippen LogP contribution is 2.25. The summed E-state index contributed by atoms with van der Waals surface area (Å²) in [7, 11) is 0. The van der Waals surface area contributed by atoms with E-state index in [0.29, 0.717) is 5.75 Å². The molecule has 0 atom stereocenters. The highest BCUT2D eigenvalue weighted by Gasteiger charge is 2.16. The molecular weight excluding hydrogens is 296 g/mol. The fraction of sp³-hybridized carbons (Fsp3) is 0.462. The van der Waals surface area contributed by atoms with Gasteiger partial charge in [-0.3, -0.25) is 4.79 Å². The van der Waals surface area contributed by atoms with E-state index in [1.165, 1.54) is 0 Å². The van der Waals surface area contributed by atoms with Gasteiger partial charge in [0.05, 0.1) is 4.47 Å². The molecule has 1 aromatic carbocycles. The maximum atomic E-state index is 11.9. The van der Waals surface area contributed by atoms with Crippen LogP contribution >= 0.6 is 15.9 Å². The summed E-state index contributed by atoms with van der Waals surface area (Å²) in [6, 6.07) is 5.82. The van der Waals surface area contributed by atoms with Crippen molar-refractivity contribution in [3.63, 3.8) is 0 Å². The minimum atomic E-state index is 0.0453. The molecule has 0 aromatic heterocycles. The Bertz CT molecular complexity index is 431. The van der Waals surface area contributed by atoms with E-state index in [2.05, 4.69) is 21.2 Å². The summed E-state index contributed by atoms with van der Waals surface area (Å²) in [5.74, 6) is 0.757. The van der Waals surface area contributed by atoms with Crippen LogP contribution in [0.25, 0.3) is 0 Å². The Hall–Kier alpha value is -1.07. The number of piperazine rings is 1. The number of hydrogen-bond donors (Lipinski definition) is 1. The molecule has 0 aliphatic carbocycles. The molecule has 0 saturated carbocycles. The average Bonchev–Trinajstić information content (AvgIpc) is 2.38. The van der Waals surface area contributed by atoms with Crippen LogP contribution in [0.4, 0.5) is 0 Å². The minimum Gasteiger partial charge on any atom is -0.483 e. The van der Waals surface area contributed by atoms with E-state index in [-0.39, 0.29) is 12.5 Å². The minimum absolute atomic E-state index is 0.0453. The zero-order valence-electron chi connectivity index (χ0n) is 10.4. The lowest BCUT2D eigenvalue weighted by molar-refractivity contribution is -0.133. The third-order valence-corrected chi connectivity index (χ3v) is 3.53. The molecule has 5 heteroatoms. The van der Waals surface area contributed by atoms with Crippen molar-refractivity contribution < 1.29 is 9.53 Å². The molecule has 1 aliphatic rings. The quantitative estimate of drug-likeness (QED) is 0.921. The van der Waals surface area contributed by atoms with Gasteiger partial charge in [0.15, 0.2) is 6.61 Å². The summed E-state index contributed by atoms with van der Waals surface area (Å²) in [5.41, 5.74) is 1.16. The normalized spacial score (nSPS) is 15.6. The second-order valence-electron chi connectivity index (χ2n) is 4.35. The van der Waals surface area contributed by atoms with Crippen LogP contribution in [0, 0.1) is 6.92 Å². The summed E-state index contributed by atoms with van der Waals surface area (Å²) in [4.78, 5) is 13.7. The molecule has 1 aromatic rings. The Morgan fingerprint density at radius 1 is 1.44 bits per heavy atom. The summed E-state index contributed by atoms with van der Waals surface area (Å²) >= 11 is 3.43. The number of ether oxygens (including phenoxy) is 1. The predicted molar refractivity (Wildman–Crippen MR) is 73.8 cm³/mol. The number of rotatable bonds is 3. The molecule has 1 saturated heterocycles. The van der Waals surface area contributed by atoms with Crippen LogP contribution in [0.3, 0.4) is 0 Å². The standard InChI is InChI=1S/C13H17BrN2O2/c1-10-2-3-12(11(14)8-10)18-9-13(17)16-6-4-15-5-7-16/h2-3,8,15H,4-7,9H2,1H3. The highest BCUT2D eigenvalue weighted by atomic mass is 79.9. The third-order valence-electron chi connectivity index (χ3n) is 2.91. The third kappa shape index (κ3) is 3.46. The van der Waals surface area contributed by atoms with Crippen LogP contribution in [0.1, 0.15) is 5.56 Å². The van der Waals surface area contributed by atoms with Crippen LogP contribution in [0.15, 0.2) is 22.7 Å². The summed E-state index contributed by atoms with van der Waals surface area (Å²) in [6.07, 6.45) is 0. The fourth-order valence-corrected chi connectivity index (χ4v) is 2.48. The van der Waals surface area contributed by atoms with Gasteiger partial charge in [0.25, 0.3) is 5.91 Å². The van der Waals surface area contributed by atoms with E-state index in [1.54, 1.807) is 0 Å². The first-order valence-electron chi connectivity index (χ1n) is 6.04. The molecule has 1 N–H and O–H groups in total. The smallest absolute Gasteiger partial charge is 0.260 e. The molecule has 18 heavy (non-hydrogen) atoms. The predicted octanol–water partition coefficient (Wildman–Crippen LogP) is 1.57. The Kier molecular flexibility index (Phi) is 4.60. The summed E-state index contributed by atoms with van der Waals surface area (Å²) in [5, 5.41) is 3.22. The Morgan fingerprint density at radius 3 is 2.83 bits per heavy atom. The molecule has 1 fully saturated rings. The lowest BCUT2D eigenvalue weighted by Gasteiger charge is -2.27. The van der Waals surface area contributed by atoms with Gasteiger partial charge in [0.2, 0.25) is 0 Å². The van der Waals surface area contributed by atoms with E-state index in [1.807, 2.05) is 30.0 Å². The summed E-state index contributed by atoms with van der Waals surface area (Å²) in [6.45, 7) is 5.36. The average molecular weight is 313 g/mol. The number of hydrogen-bond acceptors (Lipinski definition) is 3. The Morgan fingerprint density at radius 2 is 2.17 bits per heavy atom. The van der Waals surface area contributed by atoms with Gasteiger partial charge in [-0.05, 0) is 40.5 Å². The Balaban J connectivity index is 1.88. The van der Waals surface area contributed by atoms with Crippen molar-refractivity contribution in [2.75, 3.05) is 32.8 Å². The van der Waals surface area contributed by atoms with Crippen molar-refractivity contribution >= 4 is 21.8 Å². The van der Waals surface area contributed by atoms with Crippen LogP contribution in [-0.2, 0) is 4.79 Å². The van der Waals surface area contributed by atoms with Crippen molar-refractivity contribution in [2.24, 2.45) is 0 Å². The van der Waals surface area contributed by atoms with Gasteiger partial charge in [-0.15, -0.1) is 0 Å². The zero-order chi connectivity index (χ0) is 13.0. The SMILES string of the molecule is Cc1ccc(OCC(=O)N2CCNCC2)c(Br)c1. The number of carbonyl (C=O) groups excluding carboxylic acids is 1. The van der Waals surface area contributed by atoms with Crippen LogP contribution < -0.4 is 10.1 Å². The summed E-state index contributed by atoms with van der Waals surface area (Å²) < 4.78 is 6.43. The number of benzene rings is 1. The number of carbonyl (C=O) groups is 1. The lowest BCUT2D eigenvalue weighted by Crippen LogP contribution is -2.47. The number of nitrogens with zero attached hydrogens (tertiary/aromatic N) is 1. The second kappa shape index (κ2) is 6.20. The number of aryl methyl sites for hydroxylation is 1. The molecule has 1 aliphatic heterocycles. The molecule has 0 bridgehead atoms. The van der Waals surface area contributed by atoms with Crippen LogP contribution in [0.5, 0.6) is 5.75 Å². The molecular formula is C13H17BrN2O2. The van der Waals surface area contributed by atoms with Gasteiger partial charge in [0, 0.05) is 26.2 Å². The van der Waals surface area contributed by atoms with E-state index < -0.39 is 0 Å². The van der Waals surface area contributed by atoms with Gasteiger partial charge in [-0.2, -0.15) is 0 Å². The molecule has 1 amide bonds. The van der Waals surface area contributed by atoms with Crippen molar-refractivity contribution in [3.8, 4) is 5.75 Å². The first-order chi connectivity index (χ1) is 8.66. The first kappa shape index (κ1) is 13.4. The van der Waals surface area contributed by atoms with Gasteiger partial charge in [0.1, 0.15) is 5.75 Å². The lowest BCUT2D eigenvalue weighted by atomic mass is 10.2. The molecule has 0 spiro atoms. The van der Waals surface area contributed by atoms with Crippen molar-refractivity contribution in [3.05, 3.63) is 28.2 Å². The van der Waals surface area contributed by atoms with E-state index in [4.69, 9.17) is 4.74 Å². The van der Waals surface area contributed by atoms with Crippen molar-refractivity contribution in [2.45, 2.75) is 6.92 Å². The van der Waals surface area contributed by atoms with Crippen molar-refractivity contribution in [1.29, 1.82) is 0 Å². The Labute approximate surface area is 115 Å². The largest absolute Gasteiger partial charge is 0.483 e. The van der Waals surface area contributed by atoms with Gasteiger partial charge in [-0.25, -0.2) is 0 Å². The van der Waals surface area contributed by atoms with E-state index in [0.717, 1.165) is 36.2 Å². The molecule has 0 radical (unpaired) electrons. The maximum absolute atomic E-state index is 11.9. The maximum Gasteiger partial charge on any atom is 0.260 e. The molecule has 2 rings (SSSR count). The molecule has 4 nitrogen and oxygen atoms in total. The number of halogens is 1. The fourth-order valence-electron chi connectivity index (χ4n) is 1.87. The monoisotopic (exact) mass is 312 g/mol. The van der Waals surface area contributed by atoms with Crippen LogP contribution in [-0.4, -0.2) is 43.6 Å². The van der Waals surface area contributed by atoms with E-state index >= 15 is 0 Å². The molecule has 1 heterocycles. The second-order valence-corrected chi connectivity index (χ2v) is 5.21. The van der Waals surface area contributed by atoms with Gasteiger partial charge < -0.3 is 15.0 Å². The molecule has 0 unspecified atom stereocenters. The first-order valence-corrected chi connectivity index (χ1v) is 6.83. The molecule has 98 valence electrons. The number of amides is 1. The van der Waals surface area contributed by atoms with E-state index in [9.17, 15) is 4.79 Å². The van der Waals surface area contributed by atoms with Gasteiger partial charge >= 0.3 is 0 Å². The van der Waals surface area contributed by atoms with Gasteiger partial charge in [-0.1, -0.05) is 6.07 Å².